The van der Waals surface area contributed by atoms with Crippen molar-refractivity contribution in [3.63, 3.8) is 0 Å². The van der Waals surface area contributed by atoms with Gasteiger partial charge < -0.3 is 24.8 Å². The Balaban J connectivity index is 2.03. The topological polar surface area (TPSA) is 117 Å². The van der Waals surface area contributed by atoms with Crippen LogP contribution < -0.4 is 14.4 Å². The molecule has 9 heteroatoms. The summed E-state index contributed by atoms with van der Waals surface area (Å²) in [6.45, 7) is 0. The van der Waals surface area contributed by atoms with E-state index in [0.29, 0.717) is 5.56 Å². The number of anilines is 1. The molecule has 0 aromatic heterocycles. The molecule has 1 unspecified atom stereocenters. The standard InChI is InChI=1S/C25H20ClNO7/c1-33-19-12-16(26)20(34-2)11-15(19)23(30)21-22(13-6-5-7-14(28)10-13)27(25(32)24(21)31)17-8-3-4-9-18(17)29/h3-12,22,28-30H,1-2H3/b23-21+. The number of phenolic OH excluding ortho intramolecular Hbond substituents is 2. The van der Waals surface area contributed by atoms with E-state index in [9.17, 15) is 24.9 Å². The van der Waals surface area contributed by atoms with E-state index in [-0.39, 0.29) is 44.8 Å². The van der Waals surface area contributed by atoms with Gasteiger partial charge in [0.1, 0.15) is 28.8 Å². The van der Waals surface area contributed by atoms with Crippen LogP contribution in [0.15, 0.2) is 66.2 Å². The Labute approximate surface area is 199 Å². The second-order valence-electron chi connectivity index (χ2n) is 7.44. The minimum absolute atomic E-state index is 0.0673. The molecule has 4 rings (SSSR count). The first kappa shape index (κ1) is 23.0. The zero-order valence-electron chi connectivity index (χ0n) is 18.2. The molecule has 3 aromatic carbocycles. The number of rotatable bonds is 5. The maximum Gasteiger partial charge on any atom is 0.300 e. The molecule has 1 amide bonds. The molecule has 3 aromatic rings. The Bertz CT molecular complexity index is 1330. The Morgan fingerprint density at radius 3 is 2.29 bits per heavy atom. The molecule has 1 heterocycles. The lowest BCUT2D eigenvalue weighted by Crippen LogP contribution is -2.29. The molecule has 0 spiro atoms. The summed E-state index contributed by atoms with van der Waals surface area (Å²) >= 11 is 6.17. The number of nitrogens with zero attached hydrogens (tertiary/aromatic N) is 1. The average molecular weight is 482 g/mol. The van der Waals surface area contributed by atoms with Crippen molar-refractivity contribution in [3.8, 4) is 23.0 Å². The average Bonchev–Trinajstić information content (AvgIpc) is 3.09. The second-order valence-corrected chi connectivity index (χ2v) is 7.85. The molecule has 8 nitrogen and oxygen atoms in total. The van der Waals surface area contributed by atoms with Crippen LogP contribution in [0.25, 0.3) is 5.76 Å². The van der Waals surface area contributed by atoms with E-state index < -0.39 is 23.5 Å². The van der Waals surface area contributed by atoms with Gasteiger partial charge in [-0.3, -0.25) is 14.5 Å². The van der Waals surface area contributed by atoms with Crippen molar-refractivity contribution >= 4 is 34.7 Å². The first-order valence-corrected chi connectivity index (χ1v) is 10.5. The molecule has 34 heavy (non-hydrogen) atoms. The Morgan fingerprint density at radius 1 is 0.941 bits per heavy atom. The van der Waals surface area contributed by atoms with E-state index in [4.69, 9.17) is 21.1 Å². The number of para-hydroxylation sites is 2. The van der Waals surface area contributed by atoms with Crippen LogP contribution in [-0.2, 0) is 9.59 Å². The predicted octanol–water partition coefficient (Wildman–Crippen LogP) is 4.39. The molecule has 1 fully saturated rings. The minimum Gasteiger partial charge on any atom is -0.508 e. The Morgan fingerprint density at radius 2 is 1.65 bits per heavy atom. The highest BCUT2D eigenvalue weighted by atomic mass is 35.5. The maximum atomic E-state index is 13.3. The largest absolute Gasteiger partial charge is 0.508 e. The Kier molecular flexibility index (Phi) is 6.08. The van der Waals surface area contributed by atoms with Crippen molar-refractivity contribution in [1.82, 2.24) is 0 Å². The molecule has 1 aliphatic rings. The SMILES string of the molecule is COc1cc(/C(O)=C2\C(=O)C(=O)N(c3ccccc3O)C2c2cccc(O)c2)c(OC)cc1Cl. The van der Waals surface area contributed by atoms with Crippen LogP contribution in [0, 0.1) is 0 Å². The van der Waals surface area contributed by atoms with E-state index in [1.54, 1.807) is 24.3 Å². The van der Waals surface area contributed by atoms with Gasteiger partial charge in [-0.2, -0.15) is 0 Å². The first-order chi connectivity index (χ1) is 16.3. The van der Waals surface area contributed by atoms with Gasteiger partial charge in [-0.15, -0.1) is 0 Å². The summed E-state index contributed by atoms with van der Waals surface area (Å²) in [6, 6.07) is 13.6. The number of hydrogen-bond donors (Lipinski definition) is 3. The number of Topliss-reactive ketones (excluding diaryl/α,β-unsaturated/α-hetero) is 1. The fraction of sp³-hybridized carbons (Fsp3) is 0.120. The quantitative estimate of drug-likeness (QED) is 0.281. The second kappa shape index (κ2) is 8.99. The summed E-state index contributed by atoms with van der Waals surface area (Å²) in [5, 5.41) is 32.1. The molecule has 1 atom stereocenters. The highest BCUT2D eigenvalue weighted by Crippen LogP contribution is 2.46. The van der Waals surface area contributed by atoms with Crippen molar-refractivity contribution in [1.29, 1.82) is 0 Å². The number of methoxy groups -OCH3 is 2. The van der Waals surface area contributed by atoms with Gasteiger partial charge in [0.2, 0.25) is 0 Å². The smallest absolute Gasteiger partial charge is 0.300 e. The lowest BCUT2D eigenvalue weighted by molar-refractivity contribution is -0.132. The predicted molar refractivity (Wildman–Crippen MR) is 126 cm³/mol. The first-order valence-electron chi connectivity index (χ1n) is 10.1. The number of phenols is 2. The van der Waals surface area contributed by atoms with E-state index >= 15 is 0 Å². The minimum atomic E-state index is -1.16. The third-order valence-electron chi connectivity index (χ3n) is 5.50. The number of aliphatic hydroxyl groups excluding tert-OH is 1. The van der Waals surface area contributed by atoms with Gasteiger partial charge in [-0.25, -0.2) is 0 Å². The van der Waals surface area contributed by atoms with Crippen LogP contribution in [0.1, 0.15) is 17.2 Å². The lowest BCUT2D eigenvalue weighted by atomic mass is 9.94. The number of amides is 1. The molecule has 0 radical (unpaired) electrons. The fourth-order valence-corrected chi connectivity index (χ4v) is 4.18. The summed E-state index contributed by atoms with van der Waals surface area (Å²) in [7, 11) is 2.75. The van der Waals surface area contributed by atoms with Crippen LogP contribution in [-0.4, -0.2) is 41.2 Å². The zero-order valence-corrected chi connectivity index (χ0v) is 18.9. The Hall–Kier alpha value is -4.17. The molecule has 3 N–H and O–H groups in total. The zero-order chi connectivity index (χ0) is 24.6. The third kappa shape index (κ3) is 3.78. The molecule has 0 aliphatic carbocycles. The number of benzene rings is 3. The van der Waals surface area contributed by atoms with Crippen molar-refractivity contribution < 1.29 is 34.4 Å². The van der Waals surface area contributed by atoms with Crippen molar-refractivity contribution in [2.45, 2.75) is 6.04 Å². The van der Waals surface area contributed by atoms with Crippen molar-refractivity contribution in [2.24, 2.45) is 0 Å². The van der Waals surface area contributed by atoms with Crippen LogP contribution >= 0.6 is 11.6 Å². The van der Waals surface area contributed by atoms with Gasteiger partial charge in [0.15, 0.2) is 0 Å². The number of hydrogen-bond acceptors (Lipinski definition) is 7. The maximum absolute atomic E-state index is 13.3. The normalized spacial score (nSPS) is 17.1. The van der Waals surface area contributed by atoms with E-state index in [0.717, 1.165) is 4.90 Å². The van der Waals surface area contributed by atoms with Crippen molar-refractivity contribution in [3.05, 3.63) is 82.4 Å². The highest BCUT2D eigenvalue weighted by Gasteiger charge is 2.48. The van der Waals surface area contributed by atoms with Gasteiger partial charge in [0.25, 0.3) is 11.7 Å². The molecular formula is C25H20ClNO7. The molecule has 0 bridgehead atoms. The molecule has 1 aliphatic heterocycles. The number of halogens is 1. The fourth-order valence-electron chi connectivity index (χ4n) is 3.95. The number of ether oxygens (including phenoxy) is 2. The lowest BCUT2D eigenvalue weighted by Gasteiger charge is -2.26. The number of aromatic hydroxyl groups is 2. The number of ketones is 1. The monoisotopic (exact) mass is 481 g/mol. The summed E-state index contributed by atoms with van der Waals surface area (Å²) in [5.41, 5.74) is 0.215. The summed E-state index contributed by atoms with van der Waals surface area (Å²) in [6.07, 6.45) is 0. The van der Waals surface area contributed by atoms with E-state index in [1.165, 1.54) is 50.6 Å². The third-order valence-corrected chi connectivity index (χ3v) is 5.80. The van der Waals surface area contributed by atoms with E-state index in [2.05, 4.69) is 0 Å². The van der Waals surface area contributed by atoms with Gasteiger partial charge in [-0.05, 0) is 35.9 Å². The number of aliphatic hydroxyl groups is 1. The molecule has 174 valence electrons. The number of carbonyl (C=O) groups excluding carboxylic acids is 2. The van der Waals surface area contributed by atoms with E-state index in [1.807, 2.05) is 0 Å². The van der Waals surface area contributed by atoms with Crippen LogP contribution in [0.4, 0.5) is 5.69 Å². The summed E-state index contributed by atoms with van der Waals surface area (Å²) in [5.74, 6) is -2.45. The van der Waals surface area contributed by atoms with Crippen LogP contribution in [0.2, 0.25) is 5.02 Å². The highest BCUT2D eigenvalue weighted by molar-refractivity contribution is 6.52. The molecule has 1 saturated heterocycles. The molecule has 0 saturated carbocycles. The van der Waals surface area contributed by atoms with Crippen molar-refractivity contribution in [2.75, 3.05) is 19.1 Å². The van der Waals surface area contributed by atoms with Crippen LogP contribution in [0.3, 0.4) is 0 Å². The number of carbonyl (C=O) groups is 2. The van der Waals surface area contributed by atoms with Crippen LogP contribution in [0.5, 0.6) is 23.0 Å². The van der Waals surface area contributed by atoms with Gasteiger partial charge in [0.05, 0.1) is 42.1 Å². The summed E-state index contributed by atoms with van der Waals surface area (Å²) in [4.78, 5) is 27.5. The molecular weight excluding hydrogens is 462 g/mol. The van der Waals surface area contributed by atoms with Gasteiger partial charge in [-0.1, -0.05) is 35.9 Å². The van der Waals surface area contributed by atoms with Gasteiger partial charge in [0, 0.05) is 6.07 Å². The summed E-state index contributed by atoms with van der Waals surface area (Å²) < 4.78 is 10.6. The van der Waals surface area contributed by atoms with Gasteiger partial charge >= 0.3 is 0 Å².